The number of piperazine rings is 2. The van der Waals surface area contributed by atoms with Crippen molar-refractivity contribution in [3.8, 4) is 22.3 Å². The smallest absolute Gasteiger partial charge is 0.137 e. The standard InChI is InChI=1S/C27H32N8/c1-32-7-11-34(12-8-32)25-16-20(3-5-28-25)22-15-23-24(19-31-27(23)30-18-22)21-4-6-29-26(17-21)35-13-9-33(2)10-14-35/h3-6,15-19H,7-14H2,1-2H3,(H,30,31). The Labute approximate surface area is 206 Å². The van der Waals surface area contributed by atoms with E-state index in [9.17, 15) is 0 Å². The summed E-state index contributed by atoms with van der Waals surface area (Å²) in [6.07, 6.45) is 7.85. The number of aromatic amines is 1. The first-order chi connectivity index (χ1) is 17.1. The average Bonchev–Trinajstić information content (AvgIpc) is 3.33. The Balaban J connectivity index is 1.31. The van der Waals surface area contributed by atoms with E-state index in [-0.39, 0.29) is 0 Å². The van der Waals surface area contributed by atoms with Gasteiger partial charge in [0.2, 0.25) is 0 Å². The second-order valence-electron chi connectivity index (χ2n) is 9.71. The number of H-pyrrole nitrogens is 1. The van der Waals surface area contributed by atoms with E-state index in [0.29, 0.717) is 0 Å². The Morgan fingerprint density at radius 1 is 0.657 bits per heavy atom. The number of nitrogens with zero attached hydrogens (tertiary/aromatic N) is 7. The largest absolute Gasteiger partial charge is 0.354 e. The molecule has 0 bridgehead atoms. The van der Waals surface area contributed by atoms with Crippen molar-refractivity contribution in [3.05, 3.63) is 55.1 Å². The van der Waals surface area contributed by atoms with Crippen LogP contribution >= 0.6 is 0 Å². The summed E-state index contributed by atoms with van der Waals surface area (Å²) in [6, 6.07) is 10.8. The monoisotopic (exact) mass is 468 g/mol. The van der Waals surface area contributed by atoms with E-state index >= 15 is 0 Å². The molecule has 2 aliphatic rings. The lowest BCUT2D eigenvalue weighted by atomic mass is 10.0. The predicted molar refractivity (Wildman–Crippen MR) is 142 cm³/mol. The van der Waals surface area contributed by atoms with Crippen LogP contribution in [0.3, 0.4) is 0 Å². The lowest BCUT2D eigenvalue weighted by Crippen LogP contribution is -2.44. The molecule has 8 nitrogen and oxygen atoms in total. The van der Waals surface area contributed by atoms with Gasteiger partial charge in [0.15, 0.2) is 0 Å². The number of likely N-dealkylation sites (N-methyl/N-ethyl adjacent to an activating group) is 2. The second kappa shape index (κ2) is 9.28. The molecule has 0 aromatic carbocycles. The molecular weight excluding hydrogens is 436 g/mol. The zero-order valence-corrected chi connectivity index (χ0v) is 20.5. The van der Waals surface area contributed by atoms with Crippen LogP contribution in [0.15, 0.2) is 55.1 Å². The summed E-state index contributed by atoms with van der Waals surface area (Å²) in [5, 5.41) is 1.12. The third-order valence-corrected chi connectivity index (χ3v) is 7.32. The average molecular weight is 469 g/mol. The molecule has 8 heteroatoms. The van der Waals surface area contributed by atoms with Crippen LogP contribution in [0.4, 0.5) is 11.6 Å². The predicted octanol–water partition coefficient (Wildman–Crippen LogP) is 3.19. The molecule has 0 radical (unpaired) electrons. The summed E-state index contributed by atoms with van der Waals surface area (Å²) in [4.78, 5) is 26.9. The summed E-state index contributed by atoms with van der Waals surface area (Å²) in [6.45, 7) is 8.27. The maximum Gasteiger partial charge on any atom is 0.137 e. The van der Waals surface area contributed by atoms with Gasteiger partial charge in [-0.1, -0.05) is 0 Å². The summed E-state index contributed by atoms with van der Waals surface area (Å²) in [7, 11) is 4.35. The molecule has 2 saturated heterocycles. The van der Waals surface area contributed by atoms with E-state index in [2.05, 4.69) is 85.2 Å². The Morgan fingerprint density at radius 3 is 1.86 bits per heavy atom. The maximum atomic E-state index is 4.75. The number of hydrogen-bond acceptors (Lipinski definition) is 7. The van der Waals surface area contributed by atoms with Crippen LogP contribution in [0, 0.1) is 0 Å². The molecule has 0 amide bonds. The van der Waals surface area contributed by atoms with Crippen molar-refractivity contribution in [2.75, 3.05) is 76.3 Å². The van der Waals surface area contributed by atoms with E-state index < -0.39 is 0 Å². The zero-order chi connectivity index (χ0) is 23.8. The van der Waals surface area contributed by atoms with E-state index in [4.69, 9.17) is 4.98 Å². The highest BCUT2D eigenvalue weighted by Gasteiger charge is 2.18. The number of aromatic nitrogens is 4. The lowest BCUT2D eigenvalue weighted by molar-refractivity contribution is 0.312. The maximum absolute atomic E-state index is 4.75. The zero-order valence-electron chi connectivity index (χ0n) is 20.5. The van der Waals surface area contributed by atoms with E-state index in [0.717, 1.165) is 97.3 Å². The van der Waals surface area contributed by atoms with Crippen LogP contribution in [0.5, 0.6) is 0 Å². The first kappa shape index (κ1) is 22.0. The highest BCUT2D eigenvalue weighted by molar-refractivity contribution is 5.96. The van der Waals surface area contributed by atoms with Crippen LogP contribution in [0.25, 0.3) is 33.3 Å². The molecule has 2 aliphatic heterocycles. The number of pyridine rings is 3. The summed E-state index contributed by atoms with van der Waals surface area (Å²) in [5.41, 5.74) is 5.45. The summed E-state index contributed by atoms with van der Waals surface area (Å²) in [5.74, 6) is 2.08. The number of anilines is 2. The molecule has 0 saturated carbocycles. The van der Waals surface area contributed by atoms with Gasteiger partial charge in [-0.3, -0.25) is 0 Å². The van der Waals surface area contributed by atoms with Gasteiger partial charge in [-0.05, 0) is 55.6 Å². The fourth-order valence-corrected chi connectivity index (χ4v) is 5.00. The first-order valence-corrected chi connectivity index (χ1v) is 12.4. The van der Waals surface area contributed by atoms with Gasteiger partial charge >= 0.3 is 0 Å². The van der Waals surface area contributed by atoms with Crippen molar-refractivity contribution in [2.45, 2.75) is 0 Å². The van der Waals surface area contributed by atoms with Crippen molar-refractivity contribution in [1.29, 1.82) is 0 Å². The van der Waals surface area contributed by atoms with Crippen LogP contribution in [0.2, 0.25) is 0 Å². The number of fused-ring (bicyclic) bond motifs is 1. The van der Waals surface area contributed by atoms with Gasteiger partial charge in [0.25, 0.3) is 0 Å². The van der Waals surface area contributed by atoms with E-state index in [1.165, 1.54) is 0 Å². The molecule has 6 rings (SSSR count). The highest BCUT2D eigenvalue weighted by atomic mass is 15.3. The molecular formula is C27H32N8. The van der Waals surface area contributed by atoms with Gasteiger partial charge < -0.3 is 24.6 Å². The van der Waals surface area contributed by atoms with Crippen molar-refractivity contribution in [1.82, 2.24) is 29.7 Å². The molecule has 0 atom stereocenters. The third kappa shape index (κ3) is 4.47. The highest BCUT2D eigenvalue weighted by Crippen LogP contribution is 2.33. The molecule has 0 spiro atoms. The van der Waals surface area contributed by atoms with Gasteiger partial charge in [-0.25, -0.2) is 15.0 Å². The summed E-state index contributed by atoms with van der Waals surface area (Å²) >= 11 is 0. The third-order valence-electron chi connectivity index (χ3n) is 7.32. The van der Waals surface area contributed by atoms with E-state index in [1.54, 1.807) is 0 Å². The van der Waals surface area contributed by atoms with Crippen molar-refractivity contribution in [3.63, 3.8) is 0 Å². The molecule has 4 aromatic rings. The minimum atomic E-state index is 0.898. The van der Waals surface area contributed by atoms with Crippen molar-refractivity contribution in [2.24, 2.45) is 0 Å². The minimum Gasteiger partial charge on any atom is -0.354 e. The molecule has 0 aliphatic carbocycles. The number of nitrogens with one attached hydrogen (secondary N) is 1. The SMILES string of the molecule is CN1CCN(c2cc(-c3cnc4[nH]cc(-c5ccnc(N6CCN(C)CC6)c5)c4c3)ccn2)CC1. The number of rotatable bonds is 4. The Bertz CT molecular complexity index is 1320. The topological polar surface area (TPSA) is 67.4 Å². The molecule has 1 N–H and O–H groups in total. The molecule has 35 heavy (non-hydrogen) atoms. The minimum absolute atomic E-state index is 0.898. The van der Waals surface area contributed by atoms with Crippen LogP contribution in [0.1, 0.15) is 0 Å². The molecule has 180 valence electrons. The Morgan fingerprint density at radius 2 is 1.23 bits per heavy atom. The van der Waals surface area contributed by atoms with Crippen molar-refractivity contribution >= 4 is 22.7 Å². The normalized spacial score (nSPS) is 17.9. The van der Waals surface area contributed by atoms with Crippen LogP contribution in [-0.4, -0.2) is 96.2 Å². The lowest BCUT2D eigenvalue weighted by Gasteiger charge is -2.33. The first-order valence-electron chi connectivity index (χ1n) is 12.4. The molecule has 2 fully saturated rings. The van der Waals surface area contributed by atoms with Crippen LogP contribution in [-0.2, 0) is 0 Å². The van der Waals surface area contributed by atoms with Crippen molar-refractivity contribution < 1.29 is 0 Å². The fourth-order valence-electron chi connectivity index (χ4n) is 5.00. The van der Waals surface area contributed by atoms with Gasteiger partial charge in [-0.2, -0.15) is 0 Å². The van der Waals surface area contributed by atoms with Crippen LogP contribution < -0.4 is 9.80 Å². The Kier molecular flexibility index (Phi) is 5.83. The fraction of sp³-hybridized carbons (Fsp3) is 0.370. The molecule has 4 aromatic heterocycles. The molecule has 0 unspecified atom stereocenters. The van der Waals surface area contributed by atoms with Gasteiger partial charge in [0.05, 0.1) is 0 Å². The van der Waals surface area contributed by atoms with Gasteiger partial charge in [0.1, 0.15) is 17.3 Å². The summed E-state index contributed by atoms with van der Waals surface area (Å²) < 4.78 is 0. The number of hydrogen-bond donors (Lipinski definition) is 1. The molecule has 6 heterocycles. The quantitative estimate of drug-likeness (QED) is 0.493. The second-order valence-corrected chi connectivity index (χ2v) is 9.71. The van der Waals surface area contributed by atoms with E-state index in [1.807, 2.05) is 18.6 Å². The Hall–Kier alpha value is -3.49. The van der Waals surface area contributed by atoms with Gasteiger partial charge in [0, 0.05) is 93.7 Å². The van der Waals surface area contributed by atoms with Gasteiger partial charge in [-0.15, -0.1) is 0 Å².